The number of carbonyl (C=O) groups excluding carboxylic acids is 2. The minimum atomic E-state index is -0.918. The van der Waals surface area contributed by atoms with Crippen molar-refractivity contribution < 1.29 is 18.9 Å². The zero-order valence-electron chi connectivity index (χ0n) is 16.6. The van der Waals surface area contributed by atoms with E-state index < -0.39 is 11.9 Å². The molecule has 2 rings (SSSR count). The zero-order chi connectivity index (χ0) is 20.4. The van der Waals surface area contributed by atoms with Crippen LogP contribution >= 0.6 is 9.12 Å². The lowest BCUT2D eigenvalue weighted by atomic mass is 9.86. The van der Waals surface area contributed by atoms with Gasteiger partial charge in [0.05, 0.1) is 15.7 Å². The SMILES string of the molecule is CCCCOC(=O)C(C(=O)c1c(C)cc(C)cc1C)c1ccccc1.O=[PH3]. The number of esters is 1. The van der Waals surface area contributed by atoms with Gasteiger partial charge in [0.25, 0.3) is 0 Å². The van der Waals surface area contributed by atoms with Gasteiger partial charge in [0.1, 0.15) is 5.92 Å². The smallest absolute Gasteiger partial charge is 0.321 e. The number of ketones is 1. The van der Waals surface area contributed by atoms with Crippen LogP contribution in [0.25, 0.3) is 0 Å². The van der Waals surface area contributed by atoms with E-state index in [4.69, 9.17) is 9.30 Å². The highest BCUT2D eigenvalue weighted by Crippen LogP contribution is 2.27. The van der Waals surface area contributed by atoms with Gasteiger partial charge in [0.2, 0.25) is 0 Å². The molecule has 0 N–H and O–H groups in total. The topological polar surface area (TPSA) is 60.4 Å². The molecule has 4 nitrogen and oxygen atoms in total. The van der Waals surface area contributed by atoms with E-state index >= 15 is 0 Å². The lowest BCUT2D eigenvalue weighted by Crippen LogP contribution is -2.26. The fourth-order valence-corrected chi connectivity index (χ4v) is 3.15. The molecule has 2 aromatic rings. The Balaban J connectivity index is 0.00000176. The summed E-state index contributed by atoms with van der Waals surface area (Å²) in [5.74, 6) is -1.58. The first kappa shape index (κ1) is 22.9. The molecule has 0 amide bonds. The lowest BCUT2D eigenvalue weighted by molar-refractivity contribution is -0.144. The van der Waals surface area contributed by atoms with Crippen molar-refractivity contribution in [2.45, 2.75) is 46.5 Å². The number of hydrogen-bond acceptors (Lipinski definition) is 4. The van der Waals surface area contributed by atoms with Crippen LogP contribution in [0.3, 0.4) is 0 Å². The highest BCUT2D eigenvalue weighted by Gasteiger charge is 2.32. The number of aryl methyl sites for hydroxylation is 3. The maximum atomic E-state index is 13.3. The van der Waals surface area contributed by atoms with Crippen LogP contribution < -0.4 is 0 Å². The average Bonchev–Trinajstić information content (AvgIpc) is 2.64. The summed E-state index contributed by atoms with van der Waals surface area (Å²) in [4.78, 5) is 26.0. The Kier molecular flexibility index (Phi) is 9.74. The van der Waals surface area contributed by atoms with Gasteiger partial charge in [0.15, 0.2) is 5.78 Å². The zero-order valence-corrected chi connectivity index (χ0v) is 18.0. The van der Waals surface area contributed by atoms with Crippen LogP contribution in [0.15, 0.2) is 42.5 Å². The van der Waals surface area contributed by atoms with Gasteiger partial charge in [-0.1, -0.05) is 61.4 Å². The number of ether oxygens (including phenoxy) is 1. The minimum Gasteiger partial charge on any atom is -0.465 e. The van der Waals surface area contributed by atoms with Gasteiger partial charge < -0.3 is 9.30 Å². The van der Waals surface area contributed by atoms with E-state index in [-0.39, 0.29) is 5.78 Å². The van der Waals surface area contributed by atoms with Crippen LogP contribution in [0.5, 0.6) is 0 Å². The molecule has 0 bridgehead atoms. The molecular weight excluding hydrogens is 359 g/mol. The third kappa shape index (κ3) is 6.18. The van der Waals surface area contributed by atoms with Crippen molar-refractivity contribution in [2.24, 2.45) is 0 Å². The second-order valence-electron chi connectivity index (χ2n) is 6.50. The minimum absolute atomic E-state index is 0.192. The highest BCUT2D eigenvalue weighted by atomic mass is 31.0. The molecule has 0 aliphatic rings. The number of benzene rings is 2. The van der Waals surface area contributed by atoms with Crippen LogP contribution in [-0.2, 0) is 14.1 Å². The van der Waals surface area contributed by atoms with E-state index in [0.717, 1.165) is 29.5 Å². The van der Waals surface area contributed by atoms with E-state index in [2.05, 4.69) is 0 Å². The van der Waals surface area contributed by atoms with Crippen molar-refractivity contribution >= 4 is 20.9 Å². The van der Waals surface area contributed by atoms with E-state index in [1.165, 1.54) is 0 Å². The third-order valence-corrected chi connectivity index (χ3v) is 4.30. The normalized spacial score (nSPS) is 11.3. The van der Waals surface area contributed by atoms with Crippen LogP contribution in [0.1, 0.15) is 58.3 Å². The molecule has 2 unspecified atom stereocenters. The predicted octanol–water partition coefficient (Wildman–Crippen LogP) is 4.86. The predicted molar refractivity (Wildman–Crippen MR) is 112 cm³/mol. The van der Waals surface area contributed by atoms with Gasteiger partial charge in [-0.05, 0) is 43.9 Å². The van der Waals surface area contributed by atoms with Crippen molar-refractivity contribution in [2.75, 3.05) is 6.61 Å². The molecule has 0 heterocycles. The molecule has 5 heteroatoms. The summed E-state index contributed by atoms with van der Waals surface area (Å²) >= 11 is 0. The molecule has 0 aliphatic heterocycles. The summed E-state index contributed by atoms with van der Waals surface area (Å²) in [6.07, 6.45) is 1.73. The monoisotopic (exact) mass is 388 g/mol. The Morgan fingerprint density at radius 3 is 2.07 bits per heavy atom. The number of carbonyl (C=O) groups is 2. The van der Waals surface area contributed by atoms with Crippen molar-refractivity contribution in [3.8, 4) is 0 Å². The van der Waals surface area contributed by atoms with Gasteiger partial charge in [-0.15, -0.1) is 0 Å². The molecular formula is C22H29O4P. The van der Waals surface area contributed by atoms with Crippen molar-refractivity contribution in [3.05, 3.63) is 70.3 Å². The first-order valence-electron chi connectivity index (χ1n) is 9.08. The van der Waals surface area contributed by atoms with Gasteiger partial charge in [0, 0.05) is 5.56 Å². The van der Waals surface area contributed by atoms with Crippen molar-refractivity contribution in [3.63, 3.8) is 0 Å². The molecule has 2 atom stereocenters. The van der Waals surface area contributed by atoms with Gasteiger partial charge >= 0.3 is 5.97 Å². The van der Waals surface area contributed by atoms with E-state index in [1.807, 2.05) is 70.2 Å². The first-order chi connectivity index (χ1) is 13.0. The summed E-state index contributed by atoms with van der Waals surface area (Å²) in [6.45, 7) is 8.21. The maximum Gasteiger partial charge on any atom is 0.321 e. The summed E-state index contributed by atoms with van der Waals surface area (Å²) < 4.78 is 13.7. The Labute approximate surface area is 163 Å². The summed E-state index contributed by atoms with van der Waals surface area (Å²) in [6, 6.07) is 13.1. The molecule has 146 valence electrons. The molecule has 0 saturated heterocycles. The van der Waals surface area contributed by atoms with Crippen molar-refractivity contribution in [1.82, 2.24) is 0 Å². The molecule has 0 saturated carbocycles. The second kappa shape index (κ2) is 11.5. The summed E-state index contributed by atoms with van der Waals surface area (Å²) in [7, 11) is 0.611. The van der Waals surface area contributed by atoms with E-state index in [1.54, 1.807) is 0 Å². The third-order valence-electron chi connectivity index (χ3n) is 4.30. The fraction of sp³-hybridized carbons (Fsp3) is 0.364. The average molecular weight is 388 g/mol. The van der Waals surface area contributed by atoms with Crippen molar-refractivity contribution in [1.29, 1.82) is 0 Å². The number of unbranched alkanes of at least 4 members (excludes halogenated alkanes) is 1. The maximum absolute atomic E-state index is 13.3. The molecule has 0 aromatic heterocycles. The summed E-state index contributed by atoms with van der Waals surface area (Å²) in [5, 5.41) is 0. The van der Waals surface area contributed by atoms with Crippen LogP contribution in [0.4, 0.5) is 0 Å². The number of Topliss-reactive ketones (excluding diaryl/α,β-unsaturated/α-hetero) is 1. The fourth-order valence-electron chi connectivity index (χ4n) is 3.15. The second-order valence-corrected chi connectivity index (χ2v) is 6.50. The quantitative estimate of drug-likeness (QED) is 0.223. The molecule has 0 fully saturated rings. The molecule has 0 radical (unpaired) electrons. The van der Waals surface area contributed by atoms with Crippen LogP contribution in [0, 0.1) is 20.8 Å². The van der Waals surface area contributed by atoms with Crippen LogP contribution in [0.2, 0.25) is 0 Å². The lowest BCUT2D eigenvalue weighted by Gasteiger charge is -2.18. The Hall–Kier alpha value is -2.19. The Morgan fingerprint density at radius 2 is 1.56 bits per heavy atom. The molecule has 27 heavy (non-hydrogen) atoms. The molecule has 2 aromatic carbocycles. The number of rotatable bonds is 7. The first-order valence-corrected chi connectivity index (χ1v) is 9.66. The standard InChI is InChI=1S/C22H26O3.H3OP/c1-5-6-12-25-22(24)20(18-10-8-7-9-11-18)21(23)19-16(3)13-15(2)14-17(19)4;1-2/h7-11,13-14,20H,5-6,12H2,1-4H3;2H3. The molecule has 0 spiro atoms. The van der Waals surface area contributed by atoms with Gasteiger partial charge in [-0.2, -0.15) is 0 Å². The highest BCUT2D eigenvalue weighted by molar-refractivity contribution is 7.00. The summed E-state index contributed by atoms with van der Waals surface area (Å²) in [5.41, 5.74) is 4.18. The van der Waals surface area contributed by atoms with Gasteiger partial charge in [-0.3, -0.25) is 9.59 Å². The largest absolute Gasteiger partial charge is 0.465 e. The Morgan fingerprint density at radius 1 is 1.00 bits per heavy atom. The number of hydrogen-bond donors (Lipinski definition) is 0. The van der Waals surface area contributed by atoms with Crippen LogP contribution in [-0.4, -0.2) is 18.4 Å². The Bertz CT molecular complexity index is 748. The van der Waals surface area contributed by atoms with Gasteiger partial charge in [-0.25, -0.2) is 0 Å². The molecule has 0 aliphatic carbocycles. The van der Waals surface area contributed by atoms with E-state index in [0.29, 0.717) is 26.9 Å². The van der Waals surface area contributed by atoms with E-state index in [9.17, 15) is 9.59 Å².